The van der Waals surface area contributed by atoms with E-state index in [4.69, 9.17) is 4.74 Å². The lowest BCUT2D eigenvalue weighted by Crippen LogP contribution is -2.34. The number of carbonyl (C=O) groups is 1. The number of hydrogen-bond donors (Lipinski definition) is 1. The van der Waals surface area contributed by atoms with Crippen LogP contribution in [0.4, 0.5) is 5.13 Å². The van der Waals surface area contributed by atoms with E-state index in [1.54, 1.807) is 11.3 Å². The zero-order valence-corrected chi connectivity index (χ0v) is 11.5. The van der Waals surface area contributed by atoms with Crippen LogP contribution in [0.2, 0.25) is 0 Å². The summed E-state index contributed by atoms with van der Waals surface area (Å²) in [5, 5.41) is 6.27. The number of esters is 1. The molecular formula is C12H18N2O3S. The molecule has 0 spiro atoms. The number of aromatic nitrogens is 1. The summed E-state index contributed by atoms with van der Waals surface area (Å²) in [7, 11) is 1.40. The van der Waals surface area contributed by atoms with E-state index in [-0.39, 0.29) is 11.5 Å². The monoisotopic (exact) mass is 270 g/mol. The molecule has 1 N–H and O–H groups in total. The molecule has 2 rings (SSSR count). The van der Waals surface area contributed by atoms with Gasteiger partial charge in [0, 0.05) is 18.4 Å². The van der Waals surface area contributed by atoms with Crippen molar-refractivity contribution in [1.29, 1.82) is 0 Å². The van der Waals surface area contributed by atoms with Gasteiger partial charge in [-0.1, -0.05) is 0 Å². The standard InChI is InChI=1S/C12H18N2O3S/c1-12(5-6-17-8-12)14-11-13-9(7-18-11)3-4-10(15)16-2/h7H,3-6,8H2,1-2H3,(H,13,14). The normalized spacial score (nSPS) is 23.0. The van der Waals surface area contributed by atoms with Crippen LogP contribution < -0.4 is 5.32 Å². The summed E-state index contributed by atoms with van der Waals surface area (Å²) in [6, 6.07) is 0. The molecule has 0 aromatic carbocycles. The Hall–Kier alpha value is -1.14. The third-order valence-corrected chi connectivity index (χ3v) is 3.80. The summed E-state index contributed by atoms with van der Waals surface area (Å²) < 4.78 is 9.99. The Labute approximate surface area is 111 Å². The minimum Gasteiger partial charge on any atom is -0.469 e. The lowest BCUT2D eigenvalue weighted by Gasteiger charge is -2.22. The Morgan fingerprint density at radius 3 is 3.22 bits per heavy atom. The average molecular weight is 270 g/mol. The summed E-state index contributed by atoms with van der Waals surface area (Å²) in [4.78, 5) is 15.5. The number of nitrogens with zero attached hydrogens (tertiary/aromatic N) is 1. The summed E-state index contributed by atoms with van der Waals surface area (Å²) in [5.41, 5.74) is 0.910. The molecular weight excluding hydrogens is 252 g/mol. The van der Waals surface area contributed by atoms with E-state index in [9.17, 15) is 4.79 Å². The second-order valence-corrected chi connectivity index (χ2v) is 5.57. The van der Waals surface area contributed by atoms with Gasteiger partial charge in [0.1, 0.15) is 0 Å². The quantitative estimate of drug-likeness (QED) is 0.827. The largest absolute Gasteiger partial charge is 0.469 e. The van der Waals surface area contributed by atoms with Gasteiger partial charge in [-0.2, -0.15) is 0 Å². The van der Waals surface area contributed by atoms with Crippen molar-refractivity contribution < 1.29 is 14.3 Å². The number of carbonyl (C=O) groups excluding carboxylic acids is 1. The smallest absolute Gasteiger partial charge is 0.305 e. The van der Waals surface area contributed by atoms with Gasteiger partial charge in [0.05, 0.1) is 31.4 Å². The molecule has 1 aliphatic rings. The molecule has 0 radical (unpaired) electrons. The first kappa shape index (κ1) is 13.3. The van der Waals surface area contributed by atoms with Crippen molar-refractivity contribution in [2.45, 2.75) is 31.7 Å². The fraction of sp³-hybridized carbons (Fsp3) is 0.667. The predicted molar refractivity (Wildman–Crippen MR) is 69.9 cm³/mol. The number of aryl methyl sites for hydroxylation is 1. The van der Waals surface area contributed by atoms with Crippen molar-refractivity contribution in [3.05, 3.63) is 11.1 Å². The third-order valence-electron chi connectivity index (χ3n) is 2.99. The van der Waals surface area contributed by atoms with Crippen molar-refractivity contribution in [2.75, 3.05) is 25.6 Å². The number of rotatable bonds is 5. The molecule has 1 fully saturated rings. The Morgan fingerprint density at radius 2 is 2.56 bits per heavy atom. The molecule has 1 atom stereocenters. The first-order valence-electron chi connectivity index (χ1n) is 5.98. The van der Waals surface area contributed by atoms with Crippen molar-refractivity contribution in [2.24, 2.45) is 0 Å². The highest BCUT2D eigenvalue weighted by Crippen LogP contribution is 2.26. The Bertz CT molecular complexity index is 413. The summed E-state index contributed by atoms with van der Waals surface area (Å²) >= 11 is 1.56. The van der Waals surface area contributed by atoms with E-state index in [1.165, 1.54) is 7.11 Å². The molecule has 1 aliphatic heterocycles. The summed E-state index contributed by atoms with van der Waals surface area (Å²) in [6.07, 6.45) is 1.99. The predicted octanol–water partition coefficient (Wildman–Crippen LogP) is 1.84. The lowest BCUT2D eigenvalue weighted by molar-refractivity contribution is -0.140. The second kappa shape index (κ2) is 5.67. The van der Waals surface area contributed by atoms with Crippen molar-refractivity contribution in [3.63, 3.8) is 0 Å². The molecule has 5 nitrogen and oxygen atoms in total. The van der Waals surface area contributed by atoms with Crippen molar-refractivity contribution in [3.8, 4) is 0 Å². The highest BCUT2D eigenvalue weighted by molar-refractivity contribution is 7.13. The van der Waals surface area contributed by atoms with Gasteiger partial charge in [-0.25, -0.2) is 4.98 Å². The first-order valence-corrected chi connectivity index (χ1v) is 6.86. The van der Waals surface area contributed by atoms with E-state index in [0.717, 1.165) is 23.9 Å². The van der Waals surface area contributed by atoms with Gasteiger partial charge >= 0.3 is 5.97 Å². The van der Waals surface area contributed by atoms with E-state index in [2.05, 4.69) is 22.0 Å². The lowest BCUT2D eigenvalue weighted by atomic mass is 10.0. The van der Waals surface area contributed by atoms with E-state index in [1.807, 2.05) is 5.38 Å². The molecule has 1 unspecified atom stereocenters. The highest BCUT2D eigenvalue weighted by atomic mass is 32.1. The van der Waals surface area contributed by atoms with E-state index in [0.29, 0.717) is 19.4 Å². The van der Waals surface area contributed by atoms with Crippen molar-refractivity contribution in [1.82, 2.24) is 4.98 Å². The van der Waals surface area contributed by atoms with Crippen LogP contribution >= 0.6 is 11.3 Å². The molecule has 6 heteroatoms. The maximum absolute atomic E-state index is 11.0. The molecule has 18 heavy (non-hydrogen) atoms. The van der Waals surface area contributed by atoms with Gasteiger partial charge in [-0.3, -0.25) is 4.79 Å². The summed E-state index contributed by atoms with van der Waals surface area (Å²) in [6.45, 7) is 3.64. The van der Waals surface area contributed by atoms with Gasteiger partial charge in [0.25, 0.3) is 0 Å². The van der Waals surface area contributed by atoms with Gasteiger partial charge < -0.3 is 14.8 Å². The van der Waals surface area contributed by atoms with Crippen LogP contribution in [0.25, 0.3) is 0 Å². The van der Waals surface area contributed by atoms with Gasteiger partial charge in [0.2, 0.25) is 0 Å². The molecule has 0 aliphatic carbocycles. The SMILES string of the molecule is COC(=O)CCc1csc(NC2(C)CCOC2)n1. The minimum absolute atomic E-state index is 0.0164. The molecule has 1 saturated heterocycles. The van der Waals surface area contributed by atoms with Crippen LogP contribution in [0, 0.1) is 0 Å². The Balaban J connectivity index is 1.87. The van der Waals surface area contributed by atoms with Crippen LogP contribution in [0.3, 0.4) is 0 Å². The zero-order valence-electron chi connectivity index (χ0n) is 10.7. The number of hydrogen-bond acceptors (Lipinski definition) is 6. The van der Waals surface area contributed by atoms with Gasteiger partial charge in [0.15, 0.2) is 5.13 Å². The van der Waals surface area contributed by atoms with E-state index < -0.39 is 0 Å². The van der Waals surface area contributed by atoms with Crippen molar-refractivity contribution >= 4 is 22.4 Å². The maximum atomic E-state index is 11.0. The number of nitrogens with one attached hydrogen (secondary N) is 1. The molecule has 1 aromatic rings. The fourth-order valence-electron chi connectivity index (χ4n) is 1.84. The number of thiazole rings is 1. The second-order valence-electron chi connectivity index (χ2n) is 4.71. The molecule has 0 amide bonds. The van der Waals surface area contributed by atoms with Crippen LogP contribution in [0.1, 0.15) is 25.5 Å². The van der Waals surface area contributed by atoms with Crippen LogP contribution in [0.15, 0.2) is 5.38 Å². The molecule has 100 valence electrons. The Morgan fingerprint density at radius 1 is 1.72 bits per heavy atom. The fourth-order valence-corrected chi connectivity index (χ4v) is 2.73. The molecule has 2 heterocycles. The highest BCUT2D eigenvalue weighted by Gasteiger charge is 2.30. The number of ether oxygens (including phenoxy) is 2. The summed E-state index contributed by atoms with van der Waals surface area (Å²) in [5.74, 6) is -0.200. The van der Waals surface area contributed by atoms with Gasteiger partial charge in [-0.05, 0) is 13.3 Å². The maximum Gasteiger partial charge on any atom is 0.305 e. The average Bonchev–Trinajstić information content (AvgIpc) is 2.96. The topological polar surface area (TPSA) is 60.5 Å². The Kier molecular flexibility index (Phi) is 4.19. The van der Waals surface area contributed by atoms with Crippen LogP contribution in [0.5, 0.6) is 0 Å². The first-order chi connectivity index (χ1) is 8.61. The molecule has 0 saturated carbocycles. The van der Waals surface area contributed by atoms with E-state index >= 15 is 0 Å². The third kappa shape index (κ3) is 3.43. The minimum atomic E-state index is -0.200. The van der Waals surface area contributed by atoms with Crippen LogP contribution in [-0.4, -0.2) is 36.8 Å². The molecule has 0 bridgehead atoms. The van der Waals surface area contributed by atoms with Crippen LogP contribution in [-0.2, 0) is 20.7 Å². The zero-order chi connectivity index (χ0) is 13.0. The van der Waals surface area contributed by atoms with Gasteiger partial charge in [-0.15, -0.1) is 11.3 Å². The number of anilines is 1. The molecule has 1 aromatic heterocycles. The number of methoxy groups -OCH3 is 1.